The Hall–Kier alpha value is -1.32. The van der Waals surface area contributed by atoms with Gasteiger partial charge in [-0.15, -0.1) is 0 Å². The zero-order valence-electron chi connectivity index (χ0n) is 10.7. The summed E-state index contributed by atoms with van der Waals surface area (Å²) >= 11 is 0. The number of hydrogen-bond acceptors (Lipinski definition) is 3. The summed E-state index contributed by atoms with van der Waals surface area (Å²) < 4.78 is 4.64. The highest BCUT2D eigenvalue weighted by Gasteiger charge is 2.21. The van der Waals surface area contributed by atoms with Gasteiger partial charge in [-0.2, -0.15) is 0 Å². The van der Waals surface area contributed by atoms with Crippen molar-refractivity contribution in [1.29, 1.82) is 0 Å². The Morgan fingerprint density at radius 2 is 1.88 bits per heavy atom. The predicted molar refractivity (Wildman–Crippen MR) is 62.8 cm³/mol. The van der Waals surface area contributed by atoms with Crippen LogP contribution in [0.4, 0.5) is 0 Å². The number of carbonyl (C=O) groups is 2. The Morgan fingerprint density at radius 3 is 2.25 bits per heavy atom. The van der Waals surface area contributed by atoms with E-state index in [-0.39, 0.29) is 5.91 Å². The standard InChI is InChI=1S/C12H21NO3/c1-8(2)6-10(12(15)16-5)13-11(14)7-9(3)4/h7-8,10H,6H2,1-5H3,(H,13,14). The van der Waals surface area contributed by atoms with Crippen molar-refractivity contribution in [2.75, 3.05) is 7.11 Å². The third-order valence-electron chi connectivity index (χ3n) is 1.93. The minimum Gasteiger partial charge on any atom is -0.467 e. The molecule has 0 aliphatic carbocycles. The van der Waals surface area contributed by atoms with E-state index in [1.807, 2.05) is 27.7 Å². The van der Waals surface area contributed by atoms with E-state index in [1.54, 1.807) is 0 Å². The third kappa shape index (κ3) is 6.22. The van der Waals surface area contributed by atoms with Crippen molar-refractivity contribution in [3.8, 4) is 0 Å². The molecule has 4 heteroatoms. The maximum atomic E-state index is 11.5. The topological polar surface area (TPSA) is 55.4 Å². The molecule has 0 aromatic rings. The van der Waals surface area contributed by atoms with Gasteiger partial charge in [0.05, 0.1) is 7.11 Å². The first kappa shape index (κ1) is 14.7. The molecule has 0 heterocycles. The number of hydrogen-bond donors (Lipinski definition) is 1. The molecule has 0 aliphatic heterocycles. The molecule has 0 aromatic heterocycles. The van der Waals surface area contributed by atoms with E-state index in [1.165, 1.54) is 13.2 Å². The number of rotatable bonds is 5. The van der Waals surface area contributed by atoms with Crippen LogP contribution in [0, 0.1) is 5.92 Å². The number of allylic oxidation sites excluding steroid dienone is 1. The lowest BCUT2D eigenvalue weighted by Crippen LogP contribution is -2.41. The highest BCUT2D eigenvalue weighted by atomic mass is 16.5. The summed E-state index contributed by atoms with van der Waals surface area (Å²) in [5, 5.41) is 2.64. The highest BCUT2D eigenvalue weighted by Crippen LogP contribution is 2.06. The van der Waals surface area contributed by atoms with Gasteiger partial charge in [-0.05, 0) is 26.2 Å². The molecule has 0 saturated carbocycles. The monoisotopic (exact) mass is 227 g/mol. The molecule has 1 unspecified atom stereocenters. The molecule has 0 bridgehead atoms. The Bertz CT molecular complexity index is 278. The van der Waals surface area contributed by atoms with Crippen LogP contribution in [0.25, 0.3) is 0 Å². The molecule has 0 aromatic carbocycles. The molecule has 0 aliphatic rings. The van der Waals surface area contributed by atoms with Crippen LogP contribution < -0.4 is 5.32 Å². The van der Waals surface area contributed by atoms with E-state index in [0.717, 1.165) is 5.57 Å². The average Bonchev–Trinajstić information content (AvgIpc) is 2.13. The van der Waals surface area contributed by atoms with E-state index in [9.17, 15) is 9.59 Å². The molecule has 92 valence electrons. The van der Waals surface area contributed by atoms with E-state index in [4.69, 9.17) is 0 Å². The molecule has 4 nitrogen and oxygen atoms in total. The van der Waals surface area contributed by atoms with Crippen molar-refractivity contribution in [1.82, 2.24) is 5.32 Å². The molecule has 16 heavy (non-hydrogen) atoms. The predicted octanol–water partition coefficient (Wildman–Crippen LogP) is 1.66. The summed E-state index contributed by atoms with van der Waals surface area (Å²) in [6, 6.07) is -0.562. The van der Waals surface area contributed by atoms with E-state index in [2.05, 4.69) is 10.1 Å². The maximum absolute atomic E-state index is 11.5. The summed E-state index contributed by atoms with van der Waals surface area (Å²) in [6.07, 6.45) is 2.05. The van der Waals surface area contributed by atoms with Gasteiger partial charge < -0.3 is 10.1 Å². The fourth-order valence-corrected chi connectivity index (χ4v) is 1.30. The van der Waals surface area contributed by atoms with Gasteiger partial charge in [0.2, 0.25) is 5.91 Å². The first-order valence-electron chi connectivity index (χ1n) is 5.40. The second-order valence-corrected chi connectivity index (χ2v) is 4.44. The van der Waals surface area contributed by atoms with E-state index < -0.39 is 12.0 Å². The lowest BCUT2D eigenvalue weighted by Gasteiger charge is -2.17. The van der Waals surface area contributed by atoms with Crippen molar-refractivity contribution >= 4 is 11.9 Å². The first-order chi connectivity index (χ1) is 7.36. The van der Waals surface area contributed by atoms with Gasteiger partial charge in [0.1, 0.15) is 6.04 Å². The Labute approximate surface area is 97.1 Å². The number of ether oxygens (including phenoxy) is 1. The van der Waals surface area contributed by atoms with E-state index >= 15 is 0 Å². The molecule has 0 saturated heterocycles. The molecule has 0 rings (SSSR count). The average molecular weight is 227 g/mol. The Morgan fingerprint density at radius 1 is 1.31 bits per heavy atom. The van der Waals surface area contributed by atoms with Crippen LogP contribution in [-0.2, 0) is 14.3 Å². The molecule has 1 N–H and O–H groups in total. The Balaban J connectivity index is 4.48. The number of carbonyl (C=O) groups excluding carboxylic acids is 2. The van der Waals surface area contributed by atoms with Gasteiger partial charge >= 0.3 is 5.97 Å². The van der Waals surface area contributed by atoms with Gasteiger partial charge in [-0.1, -0.05) is 19.4 Å². The van der Waals surface area contributed by atoms with Crippen molar-refractivity contribution in [3.63, 3.8) is 0 Å². The first-order valence-corrected chi connectivity index (χ1v) is 5.40. The Kier molecular flexibility index (Phi) is 6.46. The summed E-state index contributed by atoms with van der Waals surface area (Å²) in [5.41, 5.74) is 0.894. The maximum Gasteiger partial charge on any atom is 0.328 e. The van der Waals surface area contributed by atoms with Crippen molar-refractivity contribution in [2.45, 2.75) is 40.2 Å². The quantitative estimate of drug-likeness (QED) is 0.574. The van der Waals surface area contributed by atoms with Crippen molar-refractivity contribution in [2.24, 2.45) is 5.92 Å². The minimum absolute atomic E-state index is 0.254. The highest BCUT2D eigenvalue weighted by molar-refractivity contribution is 5.91. The largest absolute Gasteiger partial charge is 0.467 e. The molecule has 1 atom stereocenters. The minimum atomic E-state index is -0.562. The molecular formula is C12H21NO3. The molecule has 0 fully saturated rings. The second-order valence-electron chi connectivity index (χ2n) is 4.44. The SMILES string of the molecule is COC(=O)C(CC(C)C)NC(=O)C=C(C)C. The van der Waals surface area contributed by atoms with Crippen molar-refractivity contribution in [3.05, 3.63) is 11.6 Å². The molecule has 0 radical (unpaired) electrons. The fraction of sp³-hybridized carbons (Fsp3) is 0.667. The second kappa shape index (κ2) is 7.04. The number of amides is 1. The van der Waals surface area contributed by atoms with Crippen LogP contribution in [0.1, 0.15) is 34.1 Å². The van der Waals surface area contributed by atoms with Crippen LogP contribution >= 0.6 is 0 Å². The van der Waals surface area contributed by atoms with Crippen LogP contribution in [0.3, 0.4) is 0 Å². The third-order valence-corrected chi connectivity index (χ3v) is 1.93. The lowest BCUT2D eigenvalue weighted by atomic mass is 10.0. The van der Waals surface area contributed by atoms with Gasteiger partial charge in [-0.25, -0.2) is 4.79 Å². The fourth-order valence-electron chi connectivity index (χ4n) is 1.30. The normalized spacial score (nSPS) is 11.9. The summed E-state index contributed by atoms with van der Waals surface area (Å²) in [6.45, 7) is 7.64. The molecular weight excluding hydrogens is 206 g/mol. The zero-order valence-corrected chi connectivity index (χ0v) is 10.7. The summed E-state index contributed by atoms with van der Waals surface area (Å²) in [4.78, 5) is 22.9. The lowest BCUT2D eigenvalue weighted by molar-refractivity contribution is -0.145. The number of esters is 1. The summed E-state index contributed by atoms with van der Waals surface area (Å²) in [7, 11) is 1.32. The van der Waals surface area contributed by atoms with Gasteiger partial charge in [0, 0.05) is 6.08 Å². The van der Waals surface area contributed by atoms with Crippen LogP contribution in [0.5, 0.6) is 0 Å². The van der Waals surface area contributed by atoms with Gasteiger partial charge in [0.25, 0.3) is 0 Å². The number of nitrogens with one attached hydrogen (secondary N) is 1. The molecule has 1 amide bonds. The van der Waals surface area contributed by atoms with Gasteiger partial charge in [-0.3, -0.25) is 4.79 Å². The zero-order chi connectivity index (χ0) is 12.7. The smallest absolute Gasteiger partial charge is 0.328 e. The van der Waals surface area contributed by atoms with Crippen LogP contribution in [0.15, 0.2) is 11.6 Å². The number of methoxy groups -OCH3 is 1. The van der Waals surface area contributed by atoms with Gasteiger partial charge in [0.15, 0.2) is 0 Å². The molecule has 0 spiro atoms. The summed E-state index contributed by atoms with van der Waals surface area (Å²) in [5.74, 6) is -0.337. The van der Waals surface area contributed by atoms with Crippen molar-refractivity contribution < 1.29 is 14.3 Å². The van der Waals surface area contributed by atoms with Crippen LogP contribution in [0.2, 0.25) is 0 Å². The van der Waals surface area contributed by atoms with Crippen LogP contribution in [-0.4, -0.2) is 25.0 Å². The van der Waals surface area contributed by atoms with E-state index in [0.29, 0.717) is 12.3 Å².